The minimum absolute atomic E-state index is 0.261. The zero-order valence-corrected chi connectivity index (χ0v) is 10.4. The van der Waals surface area contributed by atoms with E-state index in [1.54, 1.807) is 7.11 Å². The molecule has 1 heterocycles. The van der Waals surface area contributed by atoms with Crippen LogP contribution in [0.4, 0.5) is 0 Å². The van der Waals surface area contributed by atoms with E-state index in [-0.39, 0.29) is 6.10 Å². The monoisotopic (exact) mass is 233 g/mol. The van der Waals surface area contributed by atoms with Crippen LogP contribution >= 0.6 is 0 Å². The number of hydrogen-bond acceptors (Lipinski definition) is 3. The van der Waals surface area contributed by atoms with Crippen molar-refractivity contribution in [2.24, 2.45) is 5.73 Å². The van der Waals surface area contributed by atoms with Gasteiger partial charge in [0.25, 0.3) is 0 Å². The Labute approximate surface area is 101 Å². The number of nitrogens with one attached hydrogen (secondary N) is 1. The summed E-state index contributed by atoms with van der Waals surface area (Å²) in [7, 11) is 1.73. The van der Waals surface area contributed by atoms with Crippen molar-refractivity contribution < 1.29 is 4.74 Å². The number of aryl methyl sites for hydroxylation is 1. The van der Waals surface area contributed by atoms with Crippen LogP contribution in [0.15, 0.2) is 18.2 Å². The first-order valence-corrected chi connectivity index (χ1v) is 5.94. The van der Waals surface area contributed by atoms with Crippen LogP contribution in [0.3, 0.4) is 0 Å². The third kappa shape index (κ3) is 2.65. The van der Waals surface area contributed by atoms with Crippen LogP contribution in [0.1, 0.15) is 24.7 Å². The fraction of sp³-hybridized carbons (Fsp3) is 0.462. The summed E-state index contributed by atoms with van der Waals surface area (Å²) in [5, 5.41) is 0. The Morgan fingerprint density at radius 2 is 2.29 bits per heavy atom. The van der Waals surface area contributed by atoms with Gasteiger partial charge in [-0.1, -0.05) is 12.1 Å². The average molecular weight is 233 g/mol. The molecule has 1 aromatic heterocycles. The van der Waals surface area contributed by atoms with Crippen molar-refractivity contribution in [2.75, 3.05) is 7.11 Å². The molecule has 2 rings (SSSR count). The molecular formula is C13H19N3O. The summed E-state index contributed by atoms with van der Waals surface area (Å²) in [6.07, 6.45) is 2.12. The molecule has 0 spiro atoms. The van der Waals surface area contributed by atoms with Crippen LogP contribution in [0.2, 0.25) is 0 Å². The number of hydrogen-bond donors (Lipinski definition) is 2. The van der Waals surface area contributed by atoms with E-state index in [1.807, 2.05) is 18.2 Å². The maximum absolute atomic E-state index is 5.69. The van der Waals surface area contributed by atoms with Crippen LogP contribution in [-0.2, 0) is 17.7 Å². The predicted molar refractivity (Wildman–Crippen MR) is 68.8 cm³/mol. The molecule has 4 heteroatoms. The fourth-order valence-corrected chi connectivity index (χ4v) is 1.88. The number of H-pyrrole nitrogens is 1. The molecule has 0 aliphatic rings. The van der Waals surface area contributed by atoms with Crippen LogP contribution in [0, 0.1) is 0 Å². The van der Waals surface area contributed by atoms with E-state index in [2.05, 4.69) is 16.9 Å². The van der Waals surface area contributed by atoms with Gasteiger partial charge in [-0.2, -0.15) is 0 Å². The largest absolute Gasteiger partial charge is 0.382 e. The Hall–Kier alpha value is -1.39. The molecule has 0 saturated carbocycles. The summed E-state index contributed by atoms with van der Waals surface area (Å²) in [6, 6.07) is 6.06. The Morgan fingerprint density at radius 1 is 1.47 bits per heavy atom. The van der Waals surface area contributed by atoms with Gasteiger partial charge in [-0.25, -0.2) is 4.98 Å². The average Bonchev–Trinajstić information content (AvgIpc) is 2.78. The molecule has 1 unspecified atom stereocenters. The van der Waals surface area contributed by atoms with Gasteiger partial charge in [0.1, 0.15) is 5.82 Å². The van der Waals surface area contributed by atoms with Gasteiger partial charge in [0, 0.05) is 20.1 Å². The lowest BCUT2D eigenvalue weighted by Crippen LogP contribution is -2.06. The zero-order chi connectivity index (χ0) is 12.3. The normalized spacial score (nSPS) is 13.1. The topological polar surface area (TPSA) is 63.9 Å². The number of nitrogens with zero attached hydrogens (tertiary/aromatic N) is 1. The Morgan fingerprint density at radius 3 is 3.00 bits per heavy atom. The van der Waals surface area contributed by atoms with Crippen molar-refractivity contribution in [2.45, 2.75) is 32.4 Å². The molecule has 4 nitrogen and oxygen atoms in total. The van der Waals surface area contributed by atoms with Crippen LogP contribution < -0.4 is 5.73 Å². The molecule has 0 aliphatic carbocycles. The first-order valence-electron chi connectivity index (χ1n) is 5.94. The molecule has 92 valence electrons. The van der Waals surface area contributed by atoms with Crippen LogP contribution in [0.5, 0.6) is 0 Å². The van der Waals surface area contributed by atoms with E-state index in [1.165, 1.54) is 0 Å². The smallest absolute Gasteiger partial charge is 0.107 e. The van der Waals surface area contributed by atoms with Crippen molar-refractivity contribution in [3.8, 4) is 0 Å². The third-order valence-electron chi connectivity index (χ3n) is 3.06. The van der Waals surface area contributed by atoms with Crippen LogP contribution in [0.25, 0.3) is 11.0 Å². The highest BCUT2D eigenvalue weighted by Gasteiger charge is 2.07. The second-order valence-electron chi connectivity index (χ2n) is 4.29. The summed E-state index contributed by atoms with van der Waals surface area (Å²) in [5.74, 6) is 1.00. The van der Waals surface area contributed by atoms with Crippen molar-refractivity contribution in [1.29, 1.82) is 0 Å². The highest BCUT2D eigenvalue weighted by atomic mass is 16.5. The number of benzene rings is 1. The lowest BCUT2D eigenvalue weighted by Gasteiger charge is -2.06. The van der Waals surface area contributed by atoms with Crippen molar-refractivity contribution in [1.82, 2.24) is 9.97 Å². The quantitative estimate of drug-likeness (QED) is 0.830. The maximum atomic E-state index is 5.69. The number of para-hydroxylation sites is 1. The van der Waals surface area contributed by atoms with Gasteiger partial charge in [0.05, 0.1) is 17.1 Å². The van der Waals surface area contributed by atoms with E-state index in [9.17, 15) is 0 Å². The molecular weight excluding hydrogens is 214 g/mol. The number of rotatable bonds is 5. The molecule has 17 heavy (non-hydrogen) atoms. The molecule has 0 amide bonds. The van der Waals surface area contributed by atoms with Gasteiger partial charge in [0.2, 0.25) is 0 Å². The van der Waals surface area contributed by atoms with E-state index in [0.717, 1.165) is 35.3 Å². The Bertz CT molecular complexity index is 492. The van der Waals surface area contributed by atoms with Crippen molar-refractivity contribution >= 4 is 11.0 Å². The number of methoxy groups -OCH3 is 1. The van der Waals surface area contributed by atoms with E-state index in [4.69, 9.17) is 10.5 Å². The van der Waals surface area contributed by atoms with Gasteiger partial charge in [-0.3, -0.25) is 0 Å². The SMILES string of the molecule is COC(C)CCc1nc2c(CN)cccc2[nH]1. The number of aromatic nitrogens is 2. The van der Waals surface area contributed by atoms with E-state index in [0.29, 0.717) is 6.54 Å². The molecule has 0 saturated heterocycles. The summed E-state index contributed by atoms with van der Waals surface area (Å²) in [6.45, 7) is 2.59. The summed E-state index contributed by atoms with van der Waals surface area (Å²) in [5.41, 5.74) is 8.84. The van der Waals surface area contributed by atoms with Gasteiger partial charge in [0.15, 0.2) is 0 Å². The minimum Gasteiger partial charge on any atom is -0.382 e. The highest BCUT2D eigenvalue weighted by molar-refractivity contribution is 5.78. The lowest BCUT2D eigenvalue weighted by molar-refractivity contribution is 0.111. The molecule has 3 N–H and O–H groups in total. The molecule has 0 radical (unpaired) electrons. The molecule has 0 fully saturated rings. The second-order valence-corrected chi connectivity index (χ2v) is 4.29. The fourth-order valence-electron chi connectivity index (χ4n) is 1.88. The Balaban J connectivity index is 2.20. The molecule has 1 atom stereocenters. The first-order chi connectivity index (χ1) is 8.24. The van der Waals surface area contributed by atoms with Gasteiger partial charge < -0.3 is 15.5 Å². The number of fused-ring (bicyclic) bond motifs is 1. The highest BCUT2D eigenvalue weighted by Crippen LogP contribution is 2.17. The summed E-state index contributed by atoms with van der Waals surface area (Å²) >= 11 is 0. The number of ether oxygens (including phenoxy) is 1. The minimum atomic E-state index is 0.261. The molecule has 0 bridgehead atoms. The number of nitrogens with two attached hydrogens (primary N) is 1. The van der Waals surface area contributed by atoms with Gasteiger partial charge in [-0.05, 0) is 25.0 Å². The Kier molecular flexibility index (Phi) is 3.76. The number of aromatic amines is 1. The van der Waals surface area contributed by atoms with Crippen molar-refractivity contribution in [3.05, 3.63) is 29.6 Å². The molecule has 0 aliphatic heterocycles. The zero-order valence-electron chi connectivity index (χ0n) is 10.4. The second kappa shape index (κ2) is 5.29. The summed E-state index contributed by atoms with van der Waals surface area (Å²) in [4.78, 5) is 7.93. The van der Waals surface area contributed by atoms with Gasteiger partial charge >= 0.3 is 0 Å². The maximum Gasteiger partial charge on any atom is 0.107 e. The summed E-state index contributed by atoms with van der Waals surface area (Å²) < 4.78 is 5.23. The van der Waals surface area contributed by atoms with E-state index >= 15 is 0 Å². The molecule has 1 aromatic carbocycles. The van der Waals surface area contributed by atoms with Crippen LogP contribution in [-0.4, -0.2) is 23.2 Å². The predicted octanol–water partition coefficient (Wildman–Crippen LogP) is 1.99. The van der Waals surface area contributed by atoms with Crippen molar-refractivity contribution in [3.63, 3.8) is 0 Å². The first kappa shape index (κ1) is 12.1. The third-order valence-corrected chi connectivity index (χ3v) is 3.06. The lowest BCUT2D eigenvalue weighted by atomic mass is 10.2. The molecule has 2 aromatic rings. The van der Waals surface area contributed by atoms with Gasteiger partial charge in [-0.15, -0.1) is 0 Å². The number of imidazole rings is 1. The standard InChI is InChI=1S/C13H19N3O/c1-9(17-2)6-7-12-15-11-5-3-4-10(8-14)13(11)16-12/h3-5,9H,6-8,14H2,1-2H3,(H,15,16). The van der Waals surface area contributed by atoms with E-state index < -0.39 is 0 Å².